The topological polar surface area (TPSA) is 108 Å². The van der Waals surface area contributed by atoms with Crippen LogP contribution in [0, 0.1) is 0 Å². The predicted octanol–water partition coefficient (Wildman–Crippen LogP) is 4.26. The third kappa shape index (κ3) is 5.52. The van der Waals surface area contributed by atoms with Gasteiger partial charge in [-0.15, -0.1) is 11.3 Å². The molecule has 0 fully saturated rings. The Morgan fingerprint density at radius 3 is 2.21 bits per heavy atom. The number of amides is 1. The lowest BCUT2D eigenvalue weighted by Gasteiger charge is -2.08. The van der Waals surface area contributed by atoms with Crippen molar-refractivity contribution in [2.75, 3.05) is 32.4 Å². The average molecular weight is 490 g/mol. The van der Waals surface area contributed by atoms with Crippen molar-refractivity contribution in [2.45, 2.75) is 11.8 Å². The van der Waals surface area contributed by atoms with Gasteiger partial charge >= 0.3 is 5.97 Å². The number of carbonyl (C=O) groups excluding carboxylic acids is 2. The molecular weight excluding hydrogens is 466 g/mol. The highest BCUT2D eigenvalue weighted by Gasteiger charge is 2.21. The number of thiophene rings is 1. The maximum absolute atomic E-state index is 12.8. The number of anilines is 1. The summed E-state index contributed by atoms with van der Waals surface area (Å²) in [4.78, 5) is 26.4. The Labute approximate surface area is 196 Å². The van der Waals surface area contributed by atoms with Crippen molar-refractivity contribution in [3.63, 3.8) is 0 Å². The number of hydrogen-bond donors (Lipinski definition) is 1. The number of esters is 1. The van der Waals surface area contributed by atoms with Crippen LogP contribution in [0.3, 0.4) is 0 Å². The zero-order valence-corrected chi connectivity index (χ0v) is 20.1. The Balaban J connectivity index is 1.96. The summed E-state index contributed by atoms with van der Waals surface area (Å²) >= 11 is 1.17. The standard InChI is InChI=1S/C23H23NO7S2/c1-5-31-23(26)21-17(24-22(25)14-6-9-16(10-7-14)33(4,27)28)13-20(32-21)15-8-11-18(29-2)19(12-15)30-3/h6-13H,5H2,1-4H3,(H,24,25). The first-order valence-corrected chi connectivity index (χ1v) is 12.5. The van der Waals surface area contributed by atoms with E-state index in [1.165, 1.54) is 49.8 Å². The molecule has 0 saturated carbocycles. The molecule has 33 heavy (non-hydrogen) atoms. The second-order valence-corrected chi connectivity index (χ2v) is 9.96. The van der Waals surface area contributed by atoms with Gasteiger partial charge in [-0.1, -0.05) is 0 Å². The fraction of sp³-hybridized carbons (Fsp3) is 0.217. The molecule has 2 aromatic carbocycles. The molecule has 0 radical (unpaired) electrons. The zero-order valence-electron chi connectivity index (χ0n) is 18.5. The predicted molar refractivity (Wildman–Crippen MR) is 126 cm³/mol. The highest BCUT2D eigenvalue weighted by Crippen LogP contribution is 2.39. The molecule has 3 aromatic rings. The van der Waals surface area contributed by atoms with Crippen molar-refractivity contribution < 1.29 is 32.2 Å². The summed E-state index contributed by atoms with van der Waals surface area (Å²) in [6.45, 7) is 1.88. The van der Waals surface area contributed by atoms with Gasteiger partial charge < -0.3 is 19.5 Å². The van der Waals surface area contributed by atoms with Crippen molar-refractivity contribution in [1.82, 2.24) is 0 Å². The van der Waals surface area contributed by atoms with E-state index in [2.05, 4.69) is 5.32 Å². The van der Waals surface area contributed by atoms with Crippen LogP contribution in [0.25, 0.3) is 10.4 Å². The lowest BCUT2D eigenvalue weighted by molar-refractivity contribution is 0.0533. The van der Waals surface area contributed by atoms with E-state index in [1.54, 1.807) is 25.1 Å². The van der Waals surface area contributed by atoms with Crippen LogP contribution in [0.5, 0.6) is 11.5 Å². The second kappa shape index (κ2) is 10.1. The van der Waals surface area contributed by atoms with Crippen LogP contribution in [0.1, 0.15) is 27.0 Å². The Bertz CT molecular complexity index is 1280. The first-order chi connectivity index (χ1) is 15.7. The Morgan fingerprint density at radius 2 is 1.64 bits per heavy atom. The normalized spacial score (nSPS) is 11.0. The van der Waals surface area contributed by atoms with E-state index in [-0.39, 0.29) is 21.9 Å². The molecule has 1 amide bonds. The minimum Gasteiger partial charge on any atom is -0.493 e. The number of rotatable bonds is 8. The number of methoxy groups -OCH3 is 2. The zero-order chi connectivity index (χ0) is 24.2. The van der Waals surface area contributed by atoms with Gasteiger partial charge in [0.15, 0.2) is 21.3 Å². The van der Waals surface area contributed by atoms with Crippen molar-refractivity contribution in [3.8, 4) is 21.9 Å². The van der Waals surface area contributed by atoms with Crippen LogP contribution in [0.15, 0.2) is 53.4 Å². The smallest absolute Gasteiger partial charge is 0.350 e. The minimum atomic E-state index is -3.38. The van der Waals surface area contributed by atoms with Crippen LogP contribution in [0.4, 0.5) is 5.69 Å². The molecular formula is C23H23NO7S2. The average Bonchev–Trinajstić information content (AvgIpc) is 3.22. The first-order valence-electron chi connectivity index (χ1n) is 9.82. The molecule has 0 spiro atoms. The molecule has 3 rings (SSSR count). The fourth-order valence-electron chi connectivity index (χ4n) is 3.01. The van der Waals surface area contributed by atoms with E-state index in [9.17, 15) is 18.0 Å². The number of carbonyl (C=O) groups is 2. The fourth-order valence-corrected chi connectivity index (χ4v) is 4.65. The molecule has 0 aliphatic carbocycles. The highest BCUT2D eigenvalue weighted by atomic mass is 32.2. The van der Waals surface area contributed by atoms with Crippen LogP contribution in [-0.4, -0.2) is 47.4 Å². The SMILES string of the molecule is CCOC(=O)c1sc(-c2ccc(OC)c(OC)c2)cc1NC(=O)c1ccc(S(C)(=O)=O)cc1. The van der Waals surface area contributed by atoms with Gasteiger partial charge in [0.1, 0.15) is 4.88 Å². The van der Waals surface area contributed by atoms with Crippen LogP contribution in [-0.2, 0) is 14.6 Å². The third-order valence-electron chi connectivity index (χ3n) is 4.65. The monoisotopic (exact) mass is 489 g/mol. The van der Waals surface area contributed by atoms with Gasteiger partial charge in [-0.05, 0) is 61.0 Å². The maximum atomic E-state index is 12.8. The summed E-state index contributed by atoms with van der Waals surface area (Å²) < 4.78 is 39.1. The van der Waals surface area contributed by atoms with Gasteiger partial charge in [0.2, 0.25) is 0 Å². The van der Waals surface area contributed by atoms with E-state index >= 15 is 0 Å². The van der Waals surface area contributed by atoms with E-state index in [0.717, 1.165) is 11.8 Å². The van der Waals surface area contributed by atoms with Crippen molar-refractivity contribution >= 4 is 38.7 Å². The molecule has 1 heterocycles. The minimum absolute atomic E-state index is 0.109. The number of hydrogen-bond acceptors (Lipinski definition) is 8. The van der Waals surface area contributed by atoms with Gasteiger partial charge in [0.05, 0.1) is 31.4 Å². The molecule has 1 N–H and O–H groups in total. The molecule has 174 valence electrons. The Morgan fingerprint density at radius 1 is 0.970 bits per heavy atom. The number of sulfone groups is 1. The quantitative estimate of drug-likeness (QED) is 0.471. The van der Waals surface area contributed by atoms with Crippen LogP contribution < -0.4 is 14.8 Å². The van der Waals surface area contributed by atoms with Gasteiger partial charge in [-0.3, -0.25) is 4.79 Å². The first kappa shape index (κ1) is 24.3. The number of ether oxygens (including phenoxy) is 3. The summed E-state index contributed by atoms with van der Waals surface area (Å²) in [6.07, 6.45) is 1.09. The summed E-state index contributed by atoms with van der Waals surface area (Å²) in [5, 5.41) is 2.73. The van der Waals surface area contributed by atoms with Crippen LogP contribution in [0.2, 0.25) is 0 Å². The summed E-state index contributed by atoms with van der Waals surface area (Å²) in [6, 6.07) is 12.6. The Kier molecular flexibility index (Phi) is 7.39. The molecule has 0 unspecified atom stereocenters. The van der Waals surface area contributed by atoms with Gasteiger partial charge in [-0.25, -0.2) is 13.2 Å². The molecule has 0 atom stereocenters. The summed E-state index contributed by atoms with van der Waals surface area (Å²) in [5.74, 6) is 0.0429. The number of nitrogens with one attached hydrogen (secondary N) is 1. The van der Waals surface area contributed by atoms with E-state index in [1.807, 2.05) is 6.07 Å². The Hall–Kier alpha value is -3.37. The molecule has 0 saturated heterocycles. The summed E-state index contributed by atoms with van der Waals surface area (Å²) in [5.41, 5.74) is 1.30. The lowest BCUT2D eigenvalue weighted by atomic mass is 10.1. The number of benzene rings is 2. The highest BCUT2D eigenvalue weighted by molar-refractivity contribution is 7.90. The van der Waals surface area contributed by atoms with E-state index < -0.39 is 21.7 Å². The van der Waals surface area contributed by atoms with Crippen molar-refractivity contribution in [2.24, 2.45) is 0 Å². The van der Waals surface area contributed by atoms with E-state index in [0.29, 0.717) is 22.1 Å². The summed E-state index contributed by atoms with van der Waals surface area (Å²) in [7, 11) is -0.309. The van der Waals surface area contributed by atoms with Gasteiger partial charge in [-0.2, -0.15) is 0 Å². The largest absolute Gasteiger partial charge is 0.493 e. The van der Waals surface area contributed by atoms with Crippen molar-refractivity contribution in [3.05, 3.63) is 59.0 Å². The molecule has 0 bridgehead atoms. The molecule has 0 aliphatic heterocycles. The van der Waals surface area contributed by atoms with Gasteiger partial charge in [0, 0.05) is 16.7 Å². The van der Waals surface area contributed by atoms with Gasteiger partial charge in [0.25, 0.3) is 5.91 Å². The van der Waals surface area contributed by atoms with E-state index in [4.69, 9.17) is 14.2 Å². The molecule has 1 aromatic heterocycles. The third-order valence-corrected chi connectivity index (χ3v) is 6.95. The molecule has 10 heteroatoms. The lowest BCUT2D eigenvalue weighted by Crippen LogP contribution is -2.14. The molecule has 0 aliphatic rings. The second-order valence-electron chi connectivity index (χ2n) is 6.89. The maximum Gasteiger partial charge on any atom is 0.350 e. The van der Waals surface area contributed by atoms with Crippen LogP contribution >= 0.6 is 11.3 Å². The van der Waals surface area contributed by atoms with Crippen molar-refractivity contribution in [1.29, 1.82) is 0 Å². The molecule has 8 nitrogen and oxygen atoms in total.